The number of anilines is 1. The highest BCUT2D eigenvalue weighted by Crippen LogP contribution is 2.45. The minimum Gasteiger partial charge on any atom is -0.483 e. The summed E-state index contributed by atoms with van der Waals surface area (Å²) in [4.78, 5) is 33.8. The number of carboxylic acid groups (broad SMARTS) is 1. The average molecular weight is 423 g/mol. The number of fused-ring (bicyclic) bond motifs is 2. The summed E-state index contributed by atoms with van der Waals surface area (Å²) in [5.74, 6) is 0.735. The molecule has 30 heavy (non-hydrogen) atoms. The Balaban J connectivity index is 0.000000806. The first-order valence-corrected chi connectivity index (χ1v) is 10.8. The zero-order chi connectivity index (χ0) is 21.6. The van der Waals surface area contributed by atoms with Crippen molar-refractivity contribution in [3.63, 3.8) is 0 Å². The lowest BCUT2D eigenvalue weighted by Gasteiger charge is -2.42. The van der Waals surface area contributed by atoms with Crippen molar-refractivity contribution in [2.75, 3.05) is 58.0 Å². The van der Waals surface area contributed by atoms with Gasteiger partial charge in [0.25, 0.3) is 12.0 Å². The van der Waals surface area contributed by atoms with Crippen molar-refractivity contribution in [1.82, 2.24) is 14.9 Å². The molecule has 1 spiro atoms. The summed E-state index contributed by atoms with van der Waals surface area (Å²) in [7, 11) is 1.77. The van der Waals surface area contributed by atoms with E-state index in [9.17, 15) is 4.79 Å². The van der Waals surface area contributed by atoms with Crippen molar-refractivity contribution in [3.05, 3.63) is 21.6 Å². The number of morpholine rings is 1. The van der Waals surface area contributed by atoms with Gasteiger partial charge in [-0.25, -0.2) is 4.98 Å². The zero-order valence-corrected chi connectivity index (χ0v) is 18.1. The van der Waals surface area contributed by atoms with Crippen LogP contribution in [-0.2, 0) is 26.1 Å². The lowest BCUT2D eigenvalue weighted by Crippen LogP contribution is -2.46. The SMILES string of the molecule is COCCC(C)N1CCC2(CCc3c2nc(N2CCOCC2)[nH]c3=O)CC1.O=CO. The van der Waals surface area contributed by atoms with Crippen LogP contribution in [0.15, 0.2) is 4.79 Å². The van der Waals surface area contributed by atoms with Gasteiger partial charge in [0.15, 0.2) is 0 Å². The van der Waals surface area contributed by atoms with Gasteiger partial charge < -0.3 is 24.4 Å². The maximum Gasteiger partial charge on any atom is 0.290 e. The van der Waals surface area contributed by atoms with Crippen LogP contribution in [0, 0.1) is 0 Å². The molecule has 1 aliphatic carbocycles. The first-order valence-electron chi connectivity index (χ1n) is 10.8. The quantitative estimate of drug-likeness (QED) is 0.677. The first kappa shape index (κ1) is 22.7. The van der Waals surface area contributed by atoms with E-state index in [0.717, 1.165) is 82.1 Å². The summed E-state index contributed by atoms with van der Waals surface area (Å²) < 4.78 is 10.7. The molecular formula is C21H34N4O5. The molecule has 168 valence electrons. The molecule has 1 unspecified atom stereocenters. The summed E-state index contributed by atoms with van der Waals surface area (Å²) in [6.45, 7) is 7.97. The van der Waals surface area contributed by atoms with Gasteiger partial charge in [0.2, 0.25) is 5.95 Å². The highest BCUT2D eigenvalue weighted by atomic mass is 16.5. The second kappa shape index (κ2) is 10.4. The summed E-state index contributed by atoms with van der Waals surface area (Å²) in [5.41, 5.74) is 2.15. The van der Waals surface area contributed by atoms with Crippen LogP contribution in [0.3, 0.4) is 0 Å². The van der Waals surface area contributed by atoms with Crippen LogP contribution in [0.1, 0.15) is 43.9 Å². The number of nitrogens with zero attached hydrogens (tertiary/aromatic N) is 3. The largest absolute Gasteiger partial charge is 0.483 e. The zero-order valence-electron chi connectivity index (χ0n) is 18.1. The highest BCUT2D eigenvalue weighted by Gasteiger charge is 2.44. The molecule has 0 aromatic carbocycles. The summed E-state index contributed by atoms with van der Waals surface area (Å²) in [6.07, 6.45) is 5.18. The Kier molecular flexibility index (Phi) is 7.85. The topological polar surface area (TPSA) is 108 Å². The van der Waals surface area contributed by atoms with E-state index in [1.54, 1.807) is 7.11 Å². The summed E-state index contributed by atoms with van der Waals surface area (Å²) >= 11 is 0. The molecule has 0 amide bonds. The smallest absolute Gasteiger partial charge is 0.290 e. The number of hydrogen-bond donors (Lipinski definition) is 2. The van der Waals surface area contributed by atoms with Crippen molar-refractivity contribution in [2.24, 2.45) is 0 Å². The number of likely N-dealkylation sites (tertiary alicyclic amines) is 1. The Labute approximate surface area is 177 Å². The third-order valence-electron chi connectivity index (χ3n) is 6.79. The maximum absolute atomic E-state index is 12.7. The molecule has 1 aromatic heterocycles. The van der Waals surface area contributed by atoms with Gasteiger partial charge in [0.05, 0.1) is 18.9 Å². The number of aromatic nitrogens is 2. The molecule has 2 N–H and O–H groups in total. The number of aromatic amines is 1. The van der Waals surface area contributed by atoms with Gasteiger partial charge in [-0.3, -0.25) is 14.6 Å². The summed E-state index contributed by atoms with van der Waals surface area (Å²) in [6, 6.07) is 0.541. The number of piperidine rings is 1. The van der Waals surface area contributed by atoms with Crippen LogP contribution < -0.4 is 10.5 Å². The monoisotopic (exact) mass is 422 g/mol. The lowest BCUT2D eigenvalue weighted by atomic mass is 9.76. The Morgan fingerprint density at radius 3 is 2.57 bits per heavy atom. The van der Waals surface area contributed by atoms with Crippen LogP contribution in [-0.4, -0.2) is 85.6 Å². The third kappa shape index (κ3) is 4.84. The molecule has 1 atom stereocenters. The van der Waals surface area contributed by atoms with E-state index in [0.29, 0.717) is 19.3 Å². The molecule has 9 heteroatoms. The normalized spacial score (nSPS) is 21.6. The van der Waals surface area contributed by atoms with E-state index in [1.165, 1.54) is 0 Å². The standard InChI is InChI=1S/C20H32N4O3.CH2O2/c1-15(4-12-26-2)23-8-6-20(7-9-23)5-3-16-17(20)21-19(22-18(16)25)24-10-13-27-14-11-24;2-1-3/h15H,3-14H2,1-2H3,(H,21,22,25);1H,(H,2,3). The molecule has 1 aromatic rings. The number of carbonyl (C=O) groups is 1. The lowest BCUT2D eigenvalue weighted by molar-refractivity contribution is -0.122. The predicted octanol–water partition coefficient (Wildman–Crippen LogP) is 1.01. The fraction of sp³-hybridized carbons (Fsp3) is 0.762. The number of hydrogen-bond acceptors (Lipinski definition) is 7. The highest BCUT2D eigenvalue weighted by molar-refractivity contribution is 5.40. The molecule has 2 saturated heterocycles. The van der Waals surface area contributed by atoms with E-state index >= 15 is 0 Å². The van der Waals surface area contributed by atoms with E-state index < -0.39 is 0 Å². The molecule has 2 aliphatic heterocycles. The van der Waals surface area contributed by atoms with Gasteiger partial charge in [0.1, 0.15) is 0 Å². The predicted molar refractivity (Wildman–Crippen MR) is 113 cm³/mol. The Morgan fingerprint density at radius 2 is 1.93 bits per heavy atom. The number of ether oxygens (including phenoxy) is 2. The Morgan fingerprint density at radius 1 is 1.27 bits per heavy atom. The van der Waals surface area contributed by atoms with Gasteiger partial charge in [-0.05, 0) is 52.1 Å². The van der Waals surface area contributed by atoms with Gasteiger partial charge in [-0.1, -0.05) is 0 Å². The van der Waals surface area contributed by atoms with E-state index in [4.69, 9.17) is 24.4 Å². The van der Waals surface area contributed by atoms with Crippen molar-refractivity contribution >= 4 is 12.4 Å². The molecule has 0 radical (unpaired) electrons. The van der Waals surface area contributed by atoms with Crippen molar-refractivity contribution in [2.45, 2.75) is 50.5 Å². The average Bonchev–Trinajstić information content (AvgIpc) is 3.12. The molecule has 4 rings (SSSR count). The van der Waals surface area contributed by atoms with Gasteiger partial charge in [0, 0.05) is 43.8 Å². The molecule has 9 nitrogen and oxygen atoms in total. The Hall–Kier alpha value is -1.97. The number of H-pyrrole nitrogens is 1. The minimum atomic E-state index is -0.250. The molecule has 3 aliphatic rings. The molecule has 0 bridgehead atoms. The fourth-order valence-electron chi connectivity index (χ4n) is 4.91. The second-order valence-corrected chi connectivity index (χ2v) is 8.37. The van der Waals surface area contributed by atoms with Crippen LogP contribution in [0.25, 0.3) is 0 Å². The molecule has 0 saturated carbocycles. The van der Waals surface area contributed by atoms with E-state index in [2.05, 4.69) is 21.7 Å². The third-order valence-corrected chi connectivity index (χ3v) is 6.79. The molecule has 3 heterocycles. The van der Waals surface area contributed by atoms with Gasteiger partial charge >= 0.3 is 0 Å². The van der Waals surface area contributed by atoms with Crippen molar-refractivity contribution in [1.29, 1.82) is 0 Å². The van der Waals surface area contributed by atoms with Crippen molar-refractivity contribution < 1.29 is 19.4 Å². The first-order chi connectivity index (χ1) is 14.5. The van der Waals surface area contributed by atoms with E-state index in [-0.39, 0.29) is 17.4 Å². The molecule has 2 fully saturated rings. The van der Waals surface area contributed by atoms with E-state index in [1.807, 2.05) is 0 Å². The number of methoxy groups -OCH3 is 1. The number of rotatable bonds is 5. The summed E-state index contributed by atoms with van der Waals surface area (Å²) in [5, 5.41) is 6.89. The van der Waals surface area contributed by atoms with Crippen LogP contribution in [0.5, 0.6) is 0 Å². The van der Waals surface area contributed by atoms with Crippen molar-refractivity contribution in [3.8, 4) is 0 Å². The molecular weight excluding hydrogens is 388 g/mol. The van der Waals surface area contributed by atoms with Gasteiger partial charge in [-0.2, -0.15) is 0 Å². The van der Waals surface area contributed by atoms with Crippen LogP contribution in [0.4, 0.5) is 5.95 Å². The second-order valence-electron chi connectivity index (χ2n) is 8.37. The fourth-order valence-corrected chi connectivity index (χ4v) is 4.91. The number of nitrogens with one attached hydrogen (secondary N) is 1. The van der Waals surface area contributed by atoms with Crippen LogP contribution in [0.2, 0.25) is 0 Å². The van der Waals surface area contributed by atoms with Gasteiger partial charge in [-0.15, -0.1) is 0 Å². The van der Waals surface area contributed by atoms with Crippen LogP contribution >= 0.6 is 0 Å². The Bertz CT molecular complexity index is 754. The maximum atomic E-state index is 12.7. The minimum absolute atomic E-state index is 0.0641.